The van der Waals surface area contributed by atoms with Gasteiger partial charge in [0.15, 0.2) is 5.82 Å². The van der Waals surface area contributed by atoms with E-state index < -0.39 is 12.0 Å². The number of aromatic nitrogens is 3. The molecule has 256 valence electrons. The summed E-state index contributed by atoms with van der Waals surface area (Å²) in [7, 11) is 1.36. The van der Waals surface area contributed by atoms with E-state index in [1.807, 2.05) is 41.8 Å². The van der Waals surface area contributed by atoms with Crippen molar-refractivity contribution in [3.63, 3.8) is 0 Å². The second-order valence-corrected chi connectivity index (χ2v) is 12.3. The number of carboxylic acids is 1. The van der Waals surface area contributed by atoms with Gasteiger partial charge in [-0.3, -0.25) is 14.4 Å². The fourth-order valence-electron chi connectivity index (χ4n) is 5.32. The zero-order valence-corrected chi connectivity index (χ0v) is 28.5. The summed E-state index contributed by atoms with van der Waals surface area (Å²) in [5, 5.41) is 28.1. The molecule has 1 aliphatic heterocycles. The van der Waals surface area contributed by atoms with Gasteiger partial charge in [-0.1, -0.05) is 30.3 Å². The first kappa shape index (κ1) is 35.4. The van der Waals surface area contributed by atoms with Crippen LogP contribution in [-0.4, -0.2) is 90.9 Å². The van der Waals surface area contributed by atoms with E-state index in [0.29, 0.717) is 37.0 Å². The summed E-state index contributed by atoms with van der Waals surface area (Å²) in [5.74, 6) is 0.372. The fourth-order valence-corrected chi connectivity index (χ4v) is 6.53. The number of benzene rings is 2. The van der Waals surface area contributed by atoms with Crippen molar-refractivity contribution in [2.45, 2.75) is 33.2 Å². The van der Waals surface area contributed by atoms with Crippen molar-refractivity contribution in [2.24, 2.45) is 4.99 Å². The quantitative estimate of drug-likeness (QED) is 0.127. The molecule has 49 heavy (non-hydrogen) atoms. The minimum atomic E-state index is -1.02. The molecule has 0 aliphatic carbocycles. The number of ether oxygens (including phenoxy) is 5. The Morgan fingerprint density at radius 1 is 0.918 bits per heavy atom. The van der Waals surface area contributed by atoms with Crippen LogP contribution in [0, 0.1) is 32.1 Å². The number of thiophene rings is 1. The van der Waals surface area contributed by atoms with E-state index in [4.69, 9.17) is 33.8 Å². The van der Waals surface area contributed by atoms with Gasteiger partial charge in [0.1, 0.15) is 41.9 Å². The molecule has 0 bridgehead atoms. The molecular weight excluding hydrogens is 650 g/mol. The average molecular weight is 688 g/mol. The Morgan fingerprint density at radius 3 is 2.24 bits per heavy atom. The Hall–Kier alpha value is -4.94. The number of aryl methyl sites for hydroxylation is 2. The molecule has 0 radical (unpaired) electrons. The van der Waals surface area contributed by atoms with Gasteiger partial charge in [-0.25, -0.2) is 4.79 Å². The summed E-state index contributed by atoms with van der Waals surface area (Å²) in [6.45, 7) is 7.41. The van der Waals surface area contributed by atoms with E-state index >= 15 is 0 Å². The lowest BCUT2D eigenvalue weighted by molar-refractivity contribution is -0.143. The monoisotopic (exact) mass is 687 g/mol. The van der Waals surface area contributed by atoms with Crippen LogP contribution in [0.2, 0.25) is 0 Å². The maximum atomic E-state index is 12.4. The average Bonchev–Trinajstić information content (AvgIpc) is 3.58. The molecule has 0 saturated carbocycles. The molecule has 1 N–H and O–H groups in total. The van der Waals surface area contributed by atoms with Crippen LogP contribution in [0.5, 0.6) is 5.75 Å². The minimum absolute atomic E-state index is 0.0303. The number of methoxy groups -OCH3 is 1. The van der Waals surface area contributed by atoms with Gasteiger partial charge < -0.3 is 28.8 Å². The van der Waals surface area contributed by atoms with Gasteiger partial charge in [0.2, 0.25) is 0 Å². The number of hydrogen-bond donors (Lipinski definition) is 1. The molecule has 0 unspecified atom stereocenters. The maximum absolute atomic E-state index is 12.4. The Balaban J connectivity index is 1.27. The Bertz CT molecular complexity index is 1880. The highest BCUT2D eigenvalue weighted by atomic mass is 32.1. The highest BCUT2D eigenvalue weighted by molar-refractivity contribution is 7.15. The lowest BCUT2D eigenvalue weighted by Gasteiger charge is -2.13. The van der Waals surface area contributed by atoms with Crippen LogP contribution in [0.4, 0.5) is 0 Å². The Morgan fingerprint density at radius 2 is 1.57 bits per heavy atom. The topological polar surface area (TPSA) is 167 Å². The lowest BCUT2D eigenvalue weighted by Crippen LogP contribution is -2.14. The third-order valence-electron chi connectivity index (χ3n) is 7.87. The zero-order chi connectivity index (χ0) is 34.9. The molecule has 0 spiro atoms. The number of rotatable bonds is 16. The highest BCUT2D eigenvalue weighted by Crippen LogP contribution is 2.40. The Kier molecular flexibility index (Phi) is 11.9. The van der Waals surface area contributed by atoms with Gasteiger partial charge in [0, 0.05) is 16.0 Å². The smallest absolute Gasteiger partial charge is 0.329 e. The van der Waals surface area contributed by atoms with Crippen molar-refractivity contribution in [1.82, 2.24) is 14.8 Å². The van der Waals surface area contributed by atoms with Crippen molar-refractivity contribution < 1.29 is 38.4 Å². The number of aliphatic carboxylic acids is 1. The van der Waals surface area contributed by atoms with E-state index in [1.54, 1.807) is 23.5 Å². The summed E-state index contributed by atoms with van der Waals surface area (Å²) >= 11 is 1.65. The second kappa shape index (κ2) is 16.4. The van der Waals surface area contributed by atoms with Gasteiger partial charge in [-0.15, -0.1) is 21.5 Å². The third-order valence-corrected chi connectivity index (χ3v) is 9.07. The number of esters is 1. The molecule has 0 amide bonds. The molecule has 1 aliphatic rings. The largest absolute Gasteiger partial charge is 0.490 e. The number of carboxylic acid groups (broad SMARTS) is 1. The van der Waals surface area contributed by atoms with Crippen molar-refractivity contribution in [3.05, 3.63) is 81.2 Å². The number of fused-ring (bicyclic) bond motifs is 3. The normalized spacial score (nSPS) is 13.5. The van der Waals surface area contributed by atoms with Gasteiger partial charge in [0.05, 0.1) is 57.8 Å². The second-order valence-electron chi connectivity index (χ2n) is 11.1. The van der Waals surface area contributed by atoms with E-state index in [-0.39, 0.29) is 38.8 Å². The van der Waals surface area contributed by atoms with Crippen LogP contribution in [-0.2, 0) is 28.5 Å². The molecule has 0 fully saturated rings. The lowest BCUT2D eigenvalue weighted by atomic mass is 9.96. The standard InChI is InChI=1S/C35H37N5O8S/c1-21-22(2)49-35-32(21)33(37-28(18-31(43)44-4)34-39-38-23(3)40(34)35)25-7-5-24(6-8-25)26-9-10-29(27(17-26)19-36)48-16-15-46-12-11-45-13-14-47-20-30(41)42/h5-10,17,28H,11-16,18,20H2,1-4H3,(H,41,42)/t28-/m0/s1. The molecule has 1 atom stereocenters. The van der Waals surface area contributed by atoms with Crippen LogP contribution < -0.4 is 4.74 Å². The SMILES string of the molecule is COC(=O)C[C@@H]1N=C(c2ccc(-c3ccc(OCCOCCOCCOCC(=O)O)c(C#N)c3)cc2)c2c(sc(C)c2C)-n2c(C)nnc21. The van der Waals surface area contributed by atoms with Crippen LogP contribution in [0.1, 0.15) is 51.2 Å². The van der Waals surface area contributed by atoms with Crippen molar-refractivity contribution in [1.29, 1.82) is 5.26 Å². The molecule has 2 aromatic carbocycles. The van der Waals surface area contributed by atoms with Crippen LogP contribution in [0.15, 0.2) is 47.5 Å². The summed E-state index contributed by atoms with van der Waals surface area (Å²) in [6.07, 6.45) is 0.0303. The van der Waals surface area contributed by atoms with Crippen LogP contribution in [0.25, 0.3) is 16.1 Å². The van der Waals surface area contributed by atoms with Crippen LogP contribution in [0.3, 0.4) is 0 Å². The molecule has 5 rings (SSSR count). The maximum Gasteiger partial charge on any atom is 0.329 e. The molecular formula is C35H37N5O8S. The number of nitriles is 1. The van der Waals surface area contributed by atoms with Gasteiger partial charge in [-0.2, -0.15) is 5.26 Å². The molecule has 14 heteroatoms. The van der Waals surface area contributed by atoms with Gasteiger partial charge in [-0.05, 0) is 49.6 Å². The zero-order valence-electron chi connectivity index (χ0n) is 27.7. The van der Waals surface area contributed by atoms with Gasteiger partial charge >= 0.3 is 11.9 Å². The van der Waals surface area contributed by atoms with E-state index in [9.17, 15) is 14.9 Å². The Labute approximate surface area is 287 Å². The van der Waals surface area contributed by atoms with Gasteiger partial charge in [0.25, 0.3) is 0 Å². The number of carbonyl (C=O) groups is 2. The number of hydrogen-bond acceptors (Lipinski definition) is 12. The first-order valence-electron chi connectivity index (χ1n) is 15.6. The number of carbonyl (C=O) groups excluding carboxylic acids is 1. The van der Waals surface area contributed by atoms with Crippen molar-refractivity contribution >= 4 is 29.0 Å². The van der Waals surface area contributed by atoms with Crippen molar-refractivity contribution in [3.8, 4) is 27.9 Å². The predicted octanol–water partition coefficient (Wildman–Crippen LogP) is 4.76. The van der Waals surface area contributed by atoms with E-state index in [1.165, 1.54) is 7.11 Å². The summed E-state index contributed by atoms with van der Waals surface area (Å²) in [6, 6.07) is 15.1. The molecule has 2 aromatic heterocycles. The molecule has 4 aromatic rings. The minimum Gasteiger partial charge on any atom is -0.490 e. The van der Waals surface area contributed by atoms with E-state index in [0.717, 1.165) is 49.2 Å². The molecule has 3 heterocycles. The van der Waals surface area contributed by atoms with Crippen LogP contribution >= 0.6 is 11.3 Å². The predicted molar refractivity (Wildman–Crippen MR) is 181 cm³/mol. The summed E-state index contributed by atoms with van der Waals surface area (Å²) in [5.41, 5.74) is 5.91. The molecule has 0 saturated heterocycles. The summed E-state index contributed by atoms with van der Waals surface area (Å²) in [4.78, 5) is 29.1. The third kappa shape index (κ3) is 8.38. The fraction of sp³-hybridized carbons (Fsp3) is 0.371. The van der Waals surface area contributed by atoms with Crippen molar-refractivity contribution in [2.75, 3.05) is 53.4 Å². The number of aliphatic imine (C=N–C) groups is 1. The van der Waals surface area contributed by atoms with E-state index in [2.05, 4.69) is 30.1 Å². The first-order chi connectivity index (χ1) is 23.7. The first-order valence-corrected chi connectivity index (χ1v) is 16.4. The summed E-state index contributed by atoms with van der Waals surface area (Å²) < 4.78 is 28.5. The highest BCUT2D eigenvalue weighted by Gasteiger charge is 2.32. The molecule has 13 nitrogen and oxygen atoms in total. The number of nitrogens with zero attached hydrogens (tertiary/aromatic N) is 5.